The van der Waals surface area contributed by atoms with E-state index >= 15 is 0 Å². The van der Waals surface area contributed by atoms with Crippen molar-refractivity contribution in [2.24, 2.45) is 4.99 Å². The van der Waals surface area contributed by atoms with Crippen molar-refractivity contribution in [3.63, 3.8) is 0 Å². The second-order valence-corrected chi connectivity index (χ2v) is 5.25. The van der Waals surface area contributed by atoms with Gasteiger partial charge in [-0.25, -0.2) is 9.98 Å². The Bertz CT molecular complexity index is 579. The molecule has 0 spiro atoms. The van der Waals surface area contributed by atoms with E-state index < -0.39 is 17.6 Å². The highest BCUT2D eigenvalue weighted by molar-refractivity contribution is 5.80. The van der Waals surface area contributed by atoms with E-state index in [2.05, 4.69) is 32.8 Å². The van der Waals surface area contributed by atoms with E-state index in [0.29, 0.717) is 18.5 Å². The number of aromatic nitrogens is 1. The first-order valence-electron chi connectivity index (χ1n) is 7.85. The Kier molecular flexibility index (Phi) is 6.45. The topological polar surface area (TPSA) is 58.5 Å². The number of nitrogens with zero attached hydrogens (tertiary/aromatic N) is 2. The lowest BCUT2D eigenvalue weighted by atomic mass is 10.2. The Morgan fingerprint density at radius 1 is 1.38 bits per heavy atom. The summed E-state index contributed by atoms with van der Waals surface area (Å²) in [5.41, 5.74) is -0.879. The van der Waals surface area contributed by atoms with Crippen molar-refractivity contribution in [3.8, 4) is 5.88 Å². The Morgan fingerprint density at radius 3 is 2.79 bits per heavy atom. The molecular formula is C16H21F3N4O. The molecule has 0 saturated carbocycles. The van der Waals surface area contributed by atoms with Crippen LogP contribution in [-0.4, -0.2) is 36.7 Å². The molecule has 0 saturated heterocycles. The molecule has 8 heteroatoms. The Hall–Kier alpha value is -2.25. The molecule has 0 bridgehead atoms. The predicted molar refractivity (Wildman–Crippen MR) is 86.0 cm³/mol. The zero-order chi connectivity index (χ0) is 17.4. The van der Waals surface area contributed by atoms with Crippen LogP contribution >= 0.6 is 0 Å². The number of guanidine groups is 1. The van der Waals surface area contributed by atoms with Gasteiger partial charge in [-0.2, -0.15) is 13.2 Å². The summed E-state index contributed by atoms with van der Waals surface area (Å²) in [5.74, 6) is 0.213. The van der Waals surface area contributed by atoms with Crippen LogP contribution in [0.25, 0.3) is 0 Å². The molecule has 1 aromatic heterocycles. The number of alkyl halides is 3. The molecule has 1 aliphatic rings. The quantitative estimate of drug-likeness (QED) is 0.361. The molecule has 5 nitrogen and oxygen atoms in total. The molecule has 1 aromatic rings. The summed E-state index contributed by atoms with van der Waals surface area (Å²) in [6.45, 7) is 2.89. The molecule has 0 fully saturated rings. The number of hydrogen-bond donors (Lipinski definition) is 2. The molecule has 1 heterocycles. The molecule has 0 atom stereocenters. The standard InChI is InChI=1S/C16H21F3N4O/c1-2-20-15(23-12-6-3-4-7-12)22-10-11-24-14-13(16(17,18)19)8-5-9-21-14/h3-5,8-9,12H,2,6-7,10-11H2,1H3,(H2,20,22,23). The fourth-order valence-corrected chi connectivity index (χ4v) is 2.27. The SMILES string of the molecule is CCNC(=NCCOc1ncccc1C(F)(F)F)NC1CC=CC1. The van der Waals surface area contributed by atoms with Gasteiger partial charge >= 0.3 is 6.18 Å². The second kappa shape index (κ2) is 8.56. The lowest BCUT2D eigenvalue weighted by Gasteiger charge is -2.17. The van der Waals surface area contributed by atoms with E-state index in [1.165, 1.54) is 12.3 Å². The average Bonchev–Trinajstić information content (AvgIpc) is 3.04. The van der Waals surface area contributed by atoms with Gasteiger partial charge in [-0.1, -0.05) is 12.2 Å². The van der Waals surface area contributed by atoms with E-state index in [1.807, 2.05) is 6.92 Å². The predicted octanol–water partition coefficient (Wildman–Crippen LogP) is 2.75. The summed E-state index contributed by atoms with van der Waals surface area (Å²) in [6.07, 6.45) is 2.85. The fraction of sp³-hybridized carbons (Fsp3) is 0.500. The minimum atomic E-state index is -4.49. The lowest BCUT2D eigenvalue weighted by Crippen LogP contribution is -2.42. The molecule has 0 unspecified atom stereocenters. The van der Waals surface area contributed by atoms with Crippen molar-refractivity contribution in [3.05, 3.63) is 36.0 Å². The fourth-order valence-electron chi connectivity index (χ4n) is 2.27. The first-order chi connectivity index (χ1) is 11.5. The molecule has 2 rings (SSSR count). The zero-order valence-corrected chi connectivity index (χ0v) is 13.4. The van der Waals surface area contributed by atoms with Gasteiger partial charge in [-0.15, -0.1) is 0 Å². The van der Waals surface area contributed by atoms with E-state index in [-0.39, 0.29) is 13.2 Å². The smallest absolute Gasteiger partial charge is 0.421 e. The third kappa shape index (κ3) is 5.43. The van der Waals surface area contributed by atoms with Crippen molar-refractivity contribution in [2.45, 2.75) is 32.0 Å². The van der Waals surface area contributed by atoms with Gasteiger partial charge in [0.15, 0.2) is 5.96 Å². The molecule has 132 valence electrons. The summed E-state index contributed by atoms with van der Waals surface area (Å²) in [5, 5.41) is 6.38. The van der Waals surface area contributed by atoms with Crippen LogP contribution in [0, 0.1) is 0 Å². The van der Waals surface area contributed by atoms with Crippen LogP contribution in [0.2, 0.25) is 0 Å². The molecule has 0 aliphatic heterocycles. The number of halogens is 3. The zero-order valence-electron chi connectivity index (χ0n) is 13.4. The van der Waals surface area contributed by atoms with Gasteiger partial charge < -0.3 is 15.4 Å². The number of ether oxygens (including phenoxy) is 1. The summed E-state index contributed by atoms with van der Waals surface area (Å²) in [4.78, 5) is 7.97. The lowest BCUT2D eigenvalue weighted by molar-refractivity contribution is -0.139. The third-order valence-corrected chi connectivity index (χ3v) is 3.37. The normalized spacial score (nSPS) is 15.6. The summed E-state index contributed by atoms with van der Waals surface area (Å²) in [7, 11) is 0. The van der Waals surface area contributed by atoms with E-state index in [1.54, 1.807) is 0 Å². The highest BCUT2D eigenvalue weighted by Crippen LogP contribution is 2.34. The van der Waals surface area contributed by atoms with Gasteiger partial charge in [0.25, 0.3) is 0 Å². The van der Waals surface area contributed by atoms with Gasteiger partial charge in [0.1, 0.15) is 12.2 Å². The van der Waals surface area contributed by atoms with Crippen LogP contribution in [0.1, 0.15) is 25.3 Å². The van der Waals surface area contributed by atoms with Gasteiger partial charge in [-0.05, 0) is 31.9 Å². The van der Waals surface area contributed by atoms with Crippen molar-refractivity contribution >= 4 is 5.96 Å². The number of hydrogen-bond acceptors (Lipinski definition) is 3. The van der Waals surface area contributed by atoms with Crippen LogP contribution in [0.3, 0.4) is 0 Å². The minimum Gasteiger partial charge on any atom is -0.475 e. The van der Waals surface area contributed by atoms with Crippen LogP contribution < -0.4 is 15.4 Å². The largest absolute Gasteiger partial charge is 0.475 e. The summed E-state index contributed by atoms with van der Waals surface area (Å²) >= 11 is 0. The summed E-state index contributed by atoms with van der Waals surface area (Å²) < 4.78 is 43.7. The van der Waals surface area contributed by atoms with Crippen LogP contribution in [0.15, 0.2) is 35.5 Å². The minimum absolute atomic E-state index is 0.0135. The molecule has 2 N–H and O–H groups in total. The average molecular weight is 342 g/mol. The van der Waals surface area contributed by atoms with Gasteiger partial charge in [0, 0.05) is 18.8 Å². The number of rotatable bonds is 6. The van der Waals surface area contributed by atoms with Crippen molar-refractivity contribution < 1.29 is 17.9 Å². The van der Waals surface area contributed by atoms with Gasteiger partial charge in [0.2, 0.25) is 5.88 Å². The Morgan fingerprint density at radius 2 is 2.12 bits per heavy atom. The van der Waals surface area contributed by atoms with E-state index in [4.69, 9.17) is 4.74 Å². The van der Waals surface area contributed by atoms with Crippen molar-refractivity contribution in [1.82, 2.24) is 15.6 Å². The first-order valence-corrected chi connectivity index (χ1v) is 7.85. The molecular weight excluding hydrogens is 321 g/mol. The molecule has 0 radical (unpaired) electrons. The van der Waals surface area contributed by atoms with E-state index in [9.17, 15) is 13.2 Å². The highest BCUT2D eigenvalue weighted by atomic mass is 19.4. The van der Waals surface area contributed by atoms with Crippen LogP contribution in [0.4, 0.5) is 13.2 Å². The van der Waals surface area contributed by atoms with Gasteiger partial charge in [-0.3, -0.25) is 0 Å². The van der Waals surface area contributed by atoms with Crippen molar-refractivity contribution in [2.75, 3.05) is 19.7 Å². The van der Waals surface area contributed by atoms with E-state index in [0.717, 1.165) is 18.9 Å². The molecule has 1 aliphatic carbocycles. The first kappa shape index (κ1) is 18.1. The molecule has 0 amide bonds. The maximum absolute atomic E-state index is 12.8. The summed E-state index contributed by atoms with van der Waals surface area (Å²) in [6, 6.07) is 2.48. The maximum Gasteiger partial charge on any atom is 0.421 e. The number of pyridine rings is 1. The third-order valence-electron chi connectivity index (χ3n) is 3.37. The van der Waals surface area contributed by atoms with Crippen LogP contribution in [0.5, 0.6) is 5.88 Å². The molecule has 0 aromatic carbocycles. The number of nitrogens with one attached hydrogen (secondary N) is 2. The van der Waals surface area contributed by atoms with Gasteiger partial charge in [0.05, 0.1) is 6.54 Å². The number of aliphatic imine (C=N–C) groups is 1. The Balaban J connectivity index is 1.88. The Labute approximate surface area is 139 Å². The molecule has 24 heavy (non-hydrogen) atoms. The second-order valence-electron chi connectivity index (χ2n) is 5.25. The van der Waals surface area contributed by atoms with Crippen LogP contribution in [-0.2, 0) is 6.18 Å². The van der Waals surface area contributed by atoms with Crippen molar-refractivity contribution in [1.29, 1.82) is 0 Å². The maximum atomic E-state index is 12.8. The highest BCUT2D eigenvalue weighted by Gasteiger charge is 2.34. The monoisotopic (exact) mass is 342 g/mol.